The van der Waals surface area contributed by atoms with Gasteiger partial charge >= 0.3 is 0 Å². The van der Waals surface area contributed by atoms with Crippen molar-refractivity contribution in [1.29, 1.82) is 0 Å². The molecule has 25 heavy (non-hydrogen) atoms. The van der Waals surface area contributed by atoms with Crippen molar-refractivity contribution in [2.24, 2.45) is 5.92 Å². The molecule has 0 radical (unpaired) electrons. The van der Waals surface area contributed by atoms with Gasteiger partial charge < -0.3 is 5.11 Å². The predicted molar refractivity (Wildman–Crippen MR) is 102 cm³/mol. The number of aromatic amines is 1. The minimum absolute atomic E-state index is 0.284. The van der Waals surface area contributed by atoms with Gasteiger partial charge in [-0.2, -0.15) is 5.10 Å². The summed E-state index contributed by atoms with van der Waals surface area (Å²) in [7, 11) is 0. The van der Waals surface area contributed by atoms with E-state index < -0.39 is 0 Å². The second kappa shape index (κ2) is 9.15. The first-order valence-corrected chi connectivity index (χ1v) is 10.3. The number of H-pyrrole nitrogens is 1. The Balaban J connectivity index is 1.61. The van der Waals surface area contributed by atoms with Crippen molar-refractivity contribution in [2.45, 2.75) is 70.9 Å². The van der Waals surface area contributed by atoms with E-state index in [-0.39, 0.29) is 6.61 Å². The summed E-state index contributed by atoms with van der Waals surface area (Å²) in [6.07, 6.45) is 9.65. The molecule has 1 atom stereocenters. The minimum atomic E-state index is 0.284. The van der Waals surface area contributed by atoms with Gasteiger partial charge in [-0.3, -0.25) is 14.9 Å². The molecule has 0 aromatic carbocycles. The number of rotatable bonds is 7. The Bertz CT molecular complexity index is 510. The average Bonchev–Trinajstić information content (AvgIpc) is 3.06. The van der Waals surface area contributed by atoms with Crippen LogP contribution in [-0.2, 0) is 6.54 Å². The Labute approximate surface area is 152 Å². The third kappa shape index (κ3) is 5.05. The van der Waals surface area contributed by atoms with E-state index in [9.17, 15) is 5.11 Å². The van der Waals surface area contributed by atoms with E-state index in [0.717, 1.165) is 39.1 Å². The summed E-state index contributed by atoms with van der Waals surface area (Å²) in [4.78, 5) is 5.14. The molecule has 0 spiro atoms. The molecule has 2 N–H and O–H groups in total. The Morgan fingerprint density at radius 2 is 2.04 bits per heavy atom. The fourth-order valence-corrected chi connectivity index (χ4v) is 4.67. The predicted octanol–water partition coefficient (Wildman–Crippen LogP) is 2.98. The minimum Gasteiger partial charge on any atom is -0.396 e. The van der Waals surface area contributed by atoms with Crippen LogP contribution >= 0.6 is 0 Å². The molecule has 1 unspecified atom stereocenters. The van der Waals surface area contributed by atoms with Crippen molar-refractivity contribution in [3.63, 3.8) is 0 Å². The van der Waals surface area contributed by atoms with E-state index in [4.69, 9.17) is 0 Å². The van der Waals surface area contributed by atoms with Gasteiger partial charge in [-0.05, 0) is 25.2 Å². The van der Waals surface area contributed by atoms with Crippen LogP contribution in [0, 0.1) is 5.92 Å². The molecule has 5 heteroatoms. The molecule has 1 aliphatic heterocycles. The number of nitrogens with zero attached hydrogens (tertiary/aromatic N) is 3. The maximum atomic E-state index is 9.47. The maximum Gasteiger partial charge on any atom is 0.0535 e. The number of aliphatic hydroxyl groups excluding tert-OH is 1. The van der Waals surface area contributed by atoms with Gasteiger partial charge in [0.15, 0.2) is 0 Å². The Morgan fingerprint density at radius 3 is 2.76 bits per heavy atom. The van der Waals surface area contributed by atoms with Crippen molar-refractivity contribution < 1.29 is 5.11 Å². The normalized spacial score (nSPS) is 24.2. The zero-order chi connectivity index (χ0) is 17.6. The van der Waals surface area contributed by atoms with E-state index in [1.807, 2.05) is 6.20 Å². The van der Waals surface area contributed by atoms with Gasteiger partial charge in [-0.1, -0.05) is 33.1 Å². The van der Waals surface area contributed by atoms with Crippen LogP contribution in [0.4, 0.5) is 0 Å². The van der Waals surface area contributed by atoms with E-state index in [1.165, 1.54) is 43.4 Å². The van der Waals surface area contributed by atoms with Gasteiger partial charge in [0.2, 0.25) is 0 Å². The fraction of sp³-hybridized carbons (Fsp3) is 0.850. The molecule has 0 amide bonds. The summed E-state index contributed by atoms with van der Waals surface area (Å²) in [5.74, 6) is 1.36. The summed E-state index contributed by atoms with van der Waals surface area (Å²) < 4.78 is 0. The summed E-state index contributed by atoms with van der Waals surface area (Å²) in [5, 5.41) is 17.1. The van der Waals surface area contributed by atoms with Crippen molar-refractivity contribution in [2.75, 3.05) is 32.8 Å². The van der Waals surface area contributed by atoms with Crippen LogP contribution in [0.1, 0.15) is 69.5 Å². The monoisotopic (exact) mass is 348 g/mol. The molecule has 1 aromatic rings. The summed E-state index contributed by atoms with van der Waals surface area (Å²) >= 11 is 0. The van der Waals surface area contributed by atoms with Gasteiger partial charge in [0.05, 0.1) is 6.20 Å². The van der Waals surface area contributed by atoms with Crippen LogP contribution in [0.2, 0.25) is 0 Å². The Kier molecular flexibility index (Phi) is 6.91. The lowest BCUT2D eigenvalue weighted by Crippen LogP contribution is -2.53. The number of aromatic nitrogens is 2. The molecule has 142 valence electrons. The quantitative estimate of drug-likeness (QED) is 0.795. The number of aliphatic hydroxyl groups is 1. The largest absolute Gasteiger partial charge is 0.396 e. The number of hydrogen-bond donors (Lipinski definition) is 2. The van der Waals surface area contributed by atoms with Gasteiger partial charge in [-0.15, -0.1) is 0 Å². The van der Waals surface area contributed by atoms with Crippen molar-refractivity contribution >= 4 is 0 Å². The molecule has 2 heterocycles. The second-order valence-electron chi connectivity index (χ2n) is 8.43. The van der Waals surface area contributed by atoms with Crippen molar-refractivity contribution in [3.8, 4) is 0 Å². The third-order valence-corrected chi connectivity index (χ3v) is 5.91. The molecule has 3 rings (SSSR count). The fourth-order valence-electron chi connectivity index (χ4n) is 4.67. The molecule has 0 bridgehead atoms. The van der Waals surface area contributed by atoms with Crippen LogP contribution in [0.3, 0.4) is 0 Å². The first-order valence-electron chi connectivity index (χ1n) is 10.3. The second-order valence-corrected chi connectivity index (χ2v) is 8.43. The highest BCUT2D eigenvalue weighted by molar-refractivity contribution is 5.21. The molecule has 2 fully saturated rings. The lowest BCUT2D eigenvalue weighted by molar-refractivity contribution is 0.0475. The maximum absolute atomic E-state index is 9.47. The lowest BCUT2D eigenvalue weighted by atomic mass is 9.85. The highest BCUT2D eigenvalue weighted by Gasteiger charge is 2.28. The lowest BCUT2D eigenvalue weighted by Gasteiger charge is -2.42. The third-order valence-electron chi connectivity index (χ3n) is 5.91. The molecule has 1 saturated heterocycles. The van der Waals surface area contributed by atoms with E-state index in [1.54, 1.807) is 0 Å². The highest BCUT2D eigenvalue weighted by atomic mass is 16.3. The van der Waals surface area contributed by atoms with Gasteiger partial charge in [0.25, 0.3) is 0 Å². The molecule has 2 aliphatic rings. The van der Waals surface area contributed by atoms with Crippen molar-refractivity contribution in [3.05, 3.63) is 17.5 Å². The first kappa shape index (κ1) is 18.9. The van der Waals surface area contributed by atoms with Crippen LogP contribution < -0.4 is 0 Å². The van der Waals surface area contributed by atoms with E-state index >= 15 is 0 Å². The van der Waals surface area contributed by atoms with Crippen LogP contribution in [-0.4, -0.2) is 63.9 Å². The van der Waals surface area contributed by atoms with E-state index in [2.05, 4.69) is 33.8 Å². The molecule has 1 aromatic heterocycles. The van der Waals surface area contributed by atoms with Gasteiger partial charge in [0, 0.05) is 62.5 Å². The summed E-state index contributed by atoms with van der Waals surface area (Å²) in [6.45, 7) is 10.3. The molecular formula is C20H36N4O. The van der Waals surface area contributed by atoms with Gasteiger partial charge in [0.1, 0.15) is 0 Å². The number of hydrogen-bond acceptors (Lipinski definition) is 4. The highest BCUT2D eigenvalue weighted by Crippen LogP contribution is 2.33. The number of nitrogens with one attached hydrogen (secondary N) is 1. The van der Waals surface area contributed by atoms with Gasteiger partial charge in [-0.25, -0.2) is 0 Å². The molecular weight excluding hydrogens is 312 g/mol. The topological polar surface area (TPSA) is 55.4 Å². The average molecular weight is 349 g/mol. The zero-order valence-corrected chi connectivity index (χ0v) is 16.1. The molecule has 5 nitrogen and oxygen atoms in total. The SMILES string of the molecule is CC(C)CN1CCN(Cc2cn[nH]c2C2CCCCC2)CC1CCO. The smallest absolute Gasteiger partial charge is 0.0535 e. The van der Waals surface area contributed by atoms with Crippen molar-refractivity contribution in [1.82, 2.24) is 20.0 Å². The summed E-state index contributed by atoms with van der Waals surface area (Å²) in [5.41, 5.74) is 2.79. The Hall–Kier alpha value is -0.910. The van der Waals surface area contributed by atoms with Crippen LogP contribution in [0.25, 0.3) is 0 Å². The molecule has 1 aliphatic carbocycles. The van der Waals surface area contributed by atoms with E-state index in [0.29, 0.717) is 17.9 Å². The first-order chi connectivity index (χ1) is 12.2. The summed E-state index contributed by atoms with van der Waals surface area (Å²) in [6, 6.07) is 0.478. The van der Waals surface area contributed by atoms with Crippen LogP contribution in [0.15, 0.2) is 6.20 Å². The zero-order valence-electron chi connectivity index (χ0n) is 16.1. The van der Waals surface area contributed by atoms with Crippen LogP contribution in [0.5, 0.6) is 0 Å². The standard InChI is InChI=1S/C20H36N4O/c1-16(2)13-24-10-9-23(15-19(24)8-11-25)14-18-12-21-22-20(18)17-6-4-3-5-7-17/h12,16-17,19,25H,3-11,13-15H2,1-2H3,(H,21,22). The number of piperazine rings is 1. The Morgan fingerprint density at radius 1 is 1.24 bits per heavy atom. The molecule has 1 saturated carbocycles.